The van der Waals surface area contributed by atoms with E-state index in [9.17, 15) is 14.0 Å². The highest BCUT2D eigenvalue weighted by Gasteiger charge is 2.24. The number of carbonyl (C=O) groups is 2. The number of anilines is 1. The van der Waals surface area contributed by atoms with Crippen molar-refractivity contribution in [2.75, 3.05) is 17.6 Å². The van der Waals surface area contributed by atoms with E-state index in [1.165, 1.54) is 23.9 Å². The molecule has 1 aliphatic rings. The van der Waals surface area contributed by atoms with Crippen LogP contribution in [0.3, 0.4) is 0 Å². The fraction of sp³-hybridized carbons (Fsp3) is 0.286. The van der Waals surface area contributed by atoms with E-state index in [-0.39, 0.29) is 23.9 Å². The summed E-state index contributed by atoms with van der Waals surface area (Å²) in [5.41, 5.74) is 0.159. The Morgan fingerprint density at radius 2 is 2.00 bits per heavy atom. The van der Waals surface area contributed by atoms with Gasteiger partial charge in [-0.3, -0.25) is 14.2 Å². The number of rotatable bonds is 8. The highest BCUT2D eigenvalue weighted by atomic mass is 32.2. The van der Waals surface area contributed by atoms with Gasteiger partial charge < -0.3 is 10.2 Å². The molecule has 4 rings (SSSR count). The molecule has 2 amide bonds. The minimum atomic E-state index is -0.473. The average molecular weight is 441 g/mol. The summed E-state index contributed by atoms with van der Waals surface area (Å²) in [6, 6.07) is 11.6. The lowest BCUT2D eigenvalue weighted by Gasteiger charge is -2.16. The van der Waals surface area contributed by atoms with Crippen LogP contribution in [0.5, 0.6) is 0 Å². The van der Waals surface area contributed by atoms with Crippen molar-refractivity contribution in [1.29, 1.82) is 0 Å². The van der Waals surface area contributed by atoms with Crippen LogP contribution < -0.4 is 5.32 Å². The van der Waals surface area contributed by atoms with Crippen molar-refractivity contribution in [3.63, 3.8) is 0 Å². The minimum Gasteiger partial charge on any atom is -0.335 e. The monoisotopic (exact) mass is 440 g/mol. The first kappa shape index (κ1) is 21.0. The van der Waals surface area contributed by atoms with Gasteiger partial charge in [-0.25, -0.2) is 9.37 Å². The van der Waals surface area contributed by atoms with Crippen molar-refractivity contribution < 1.29 is 14.0 Å². The number of aromatic nitrogens is 4. The summed E-state index contributed by atoms with van der Waals surface area (Å²) in [5.74, 6) is 1.03. The average Bonchev–Trinajstić information content (AvgIpc) is 3.36. The molecule has 0 spiro atoms. The molecule has 0 bridgehead atoms. The van der Waals surface area contributed by atoms with E-state index in [1.54, 1.807) is 23.2 Å². The fourth-order valence-electron chi connectivity index (χ4n) is 3.26. The molecule has 31 heavy (non-hydrogen) atoms. The van der Waals surface area contributed by atoms with Gasteiger partial charge in [0, 0.05) is 31.3 Å². The number of hydrogen-bond acceptors (Lipinski definition) is 6. The number of hydrogen-bond donors (Lipinski definition) is 1. The smallest absolute Gasteiger partial charge is 0.225 e. The van der Waals surface area contributed by atoms with Gasteiger partial charge in [0.2, 0.25) is 11.8 Å². The van der Waals surface area contributed by atoms with Crippen LogP contribution in [0.15, 0.2) is 53.8 Å². The highest BCUT2D eigenvalue weighted by Crippen LogP contribution is 2.24. The fourth-order valence-corrected chi connectivity index (χ4v) is 4.16. The summed E-state index contributed by atoms with van der Waals surface area (Å²) in [4.78, 5) is 30.4. The SMILES string of the molecule is O=C(CCSc1nnc(CN2CCCC2=O)n1-c1ccccn1)Nc1ccccc1F. The van der Waals surface area contributed by atoms with Gasteiger partial charge >= 0.3 is 0 Å². The molecule has 1 fully saturated rings. The molecule has 0 unspecified atom stereocenters. The quantitative estimate of drug-likeness (QED) is 0.541. The predicted molar refractivity (Wildman–Crippen MR) is 114 cm³/mol. The Morgan fingerprint density at radius 1 is 1.16 bits per heavy atom. The third kappa shape index (κ3) is 5.08. The molecule has 0 saturated carbocycles. The van der Waals surface area contributed by atoms with Crippen molar-refractivity contribution >= 4 is 29.3 Å². The van der Waals surface area contributed by atoms with Gasteiger partial charge in [0.25, 0.3) is 0 Å². The Hall–Kier alpha value is -3.27. The number of benzene rings is 1. The standard InChI is InChI=1S/C21H21FN6O2S/c22-15-6-1-2-7-16(15)24-19(29)10-13-31-21-26-25-18(14-27-12-5-9-20(27)30)28(21)17-8-3-4-11-23-17/h1-4,6-8,11H,5,9-10,12-14H2,(H,24,29). The molecule has 3 heterocycles. The first-order chi connectivity index (χ1) is 15.1. The molecule has 1 aromatic carbocycles. The number of halogens is 1. The molecular weight excluding hydrogens is 419 g/mol. The zero-order valence-corrected chi connectivity index (χ0v) is 17.5. The molecule has 8 nitrogen and oxygen atoms in total. The van der Waals surface area contributed by atoms with E-state index in [0.29, 0.717) is 42.1 Å². The van der Waals surface area contributed by atoms with Crippen LogP contribution in [-0.2, 0) is 16.1 Å². The molecule has 0 aliphatic carbocycles. The molecule has 1 saturated heterocycles. The maximum absolute atomic E-state index is 13.7. The molecule has 1 aliphatic heterocycles. The van der Waals surface area contributed by atoms with Gasteiger partial charge in [0.05, 0.1) is 12.2 Å². The summed E-state index contributed by atoms with van der Waals surface area (Å²) in [7, 11) is 0. The molecule has 2 aromatic heterocycles. The number of para-hydroxylation sites is 1. The summed E-state index contributed by atoms with van der Waals surface area (Å²) < 4.78 is 15.5. The van der Waals surface area contributed by atoms with Gasteiger partial charge in [-0.2, -0.15) is 0 Å². The normalized spacial score (nSPS) is 13.6. The maximum Gasteiger partial charge on any atom is 0.225 e. The molecular formula is C21H21FN6O2S. The van der Waals surface area contributed by atoms with E-state index in [2.05, 4.69) is 20.5 Å². The zero-order valence-electron chi connectivity index (χ0n) is 16.7. The Bertz CT molecular complexity index is 1070. The van der Waals surface area contributed by atoms with Gasteiger partial charge in [0.1, 0.15) is 11.6 Å². The predicted octanol–water partition coefficient (Wildman–Crippen LogP) is 3.04. The molecule has 1 N–H and O–H groups in total. The minimum absolute atomic E-state index is 0.106. The van der Waals surface area contributed by atoms with Gasteiger partial charge in [-0.05, 0) is 30.7 Å². The number of likely N-dealkylation sites (tertiary alicyclic amines) is 1. The summed E-state index contributed by atoms with van der Waals surface area (Å²) >= 11 is 1.36. The van der Waals surface area contributed by atoms with E-state index in [4.69, 9.17) is 0 Å². The lowest BCUT2D eigenvalue weighted by atomic mass is 10.3. The topological polar surface area (TPSA) is 93.0 Å². The van der Waals surface area contributed by atoms with E-state index in [1.807, 2.05) is 22.8 Å². The largest absolute Gasteiger partial charge is 0.335 e. The molecule has 0 atom stereocenters. The van der Waals surface area contributed by atoms with Crippen molar-refractivity contribution in [2.45, 2.75) is 31.0 Å². The zero-order chi connectivity index (χ0) is 21.6. The first-order valence-electron chi connectivity index (χ1n) is 9.92. The lowest BCUT2D eigenvalue weighted by molar-refractivity contribution is -0.128. The summed E-state index contributed by atoms with van der Waals surface area (Å²) in [6.45, 7) is 1.06. The van der Waals surface area contributed by atoms with E-state index >= 15 is 0 Å². The second-order valence-electron chi connectivity index (χ2n) is 6.97. The van der Waals surface area contributed by atoms with Crippen LogP contribution in [0.1, 0.15) is 25.1 Å². The third-order valence-corrected chi connectivity index (χ3v) is 5.72. The van der Waals surface area contributed by atoms with Gasteiger partial charge in [-0.1, -0.05) is 30.0 Å². The number of pyridine rings is 1. The van der Waals surface area contributed by atoms with Gasteiger partial charge in [0.15, 0.2) is 11.0 Å². The van der Waals surface area contributed by atoms with E-state index in [0.717, 1.165) is 6.42 Å². The number of carbonyl (C=O) groups excluding carboxylic acids is 2. The summed E-state index contributed by atoms with van der Waals surface area (Å²) in [5, 5.41) is 11.7. The number of nitrogens with zero attached hydrogens (tertiary/aromatic N) is 5. The number of thioether (sulfide) groups is 1. The van der Waals surface area contributed by atoms with E-state index < -0.39 is 5.82 Å². The third-order valence-electron chi connectivity index (χ3n) is 4.79. The van der Waals surface area contributed by atoms with Crippen LogP contribution in [0.2, 0.25) is 0 Å². The molecule has 10 heteroatoms. The van der Waals surface area contributed by atoms with Crippen molar-refractivity contribution in [2.24, 2.45) is 0 Å². The second-order valence-corrected chi connectivity index (χ2v) is 8.03. The Morgan fingerprint density at radius 3 is 2.74 bits per heavy atom. The van der Waals surface area contributed by atoms with Gasteiger partial charge in [-0.15, -0.1) is 10.2 Å². The Kier molecular flexibility index (Phi) is 6.56. The molecule has 3 aromatic rings. The van der Waals surface area contributed by atoms with Crippen LogP contribution >= 0.6 is 11.8 Å². The number of nitrogens with one attached hydrogen (secondary N) is 1. The Balaban J connectivity index is 1.44. The molecule has 160 valence electrons. The van der Waals surface area contributed by atoms with Crippen molar-refractivity contribution in [1.82, 2.24) is 24.6 Å². The molecule has 0 radical (unpaired) electrons. The lowest BCUT2D eigenvalue weighted by Crippen LogP contribution is -2.25. The Labute approximate surface area is 182 Å². The highest BCUT2D eigenvalue weighted by molar-refractivity contribution is 7.99. The van der Waals surface area contributed by atoms with Crippen LogP contribution in [0, 0.1) is 5.82 Å². The second kappa shape index (κ2) is 9.69. The summed E-state index contributed by atoms with van der Waals surface area (Å²) in [6.07, 6.45) is 3.25. The van der Waals surface area contributed by atoms with Crippen molar-refractivity contribution in [3.8, 4) is 5.82 Å². The first-order valence-corrected chi connectivity index (χ1v) is 10.9. The van der Waals surface area contributed by atoms with Crippen LogP contribution in [-0.4, -0.2) is 48.8 Å². The van der Waals surface area contributed by atoms with Crippen LogP contribution in [0.4, 0.5) is 10.1 Å². The number of amides is 2. The maximum atomic E-state index is 13.7. The van der Waals surface area contributed by atoms with Crippen molar-refractivity contribution in [3.05, 3.63) is 60.3 Å². The van der Waals surface area contributed by atoms with Crippen LogP contribution in [0.25, 0.3) is 5.82 Å².